The first-order valence-electron chi connectivity index (χ1n) is 5.90. The Morgan fingerprint density at radius 3 is 2.74 bits per heavy atom. The molecule has 6 N–H and O–H groups in total. The van der Waals surface area contributed by atoms with E-state index in [0.717, 1.165) is 22.0 Å². The van der Waals surface area contributed by atoms with E-state index in [1.54, 1.807) is 12.4 Å². The number of nitrogens with one attached hydrogen (secondary N) is 2. The monoisotopic (exact) mass is 254 g/mol. The summed E-state index contributed by atoms with van der Waals surface area (Å²) >= 11 is 0. The molecule has 2 aromatic heterocycles. The number of nitrogen functional groups attached to an aromatic ring is 1. The maximum Gasteiger partial charge on any atom is 0.124 e. The lowest BCUT2D eigenvalue weighted by atomic mass is 9.98. The number of fused-ring (bicyclic) bond motifs is 1. The lowest BCUT2D eigenvalue weighted by Crippen LogP contribution is -2.29. The van der Waals surface area contributed by atoms with Crippen molar-refractivity contribution in [1.82, 2.24) is 20.6 Å². The Bertz CT molecular complexity index is 700. The number of benzene rings is 1. The van der Waals surface area contributed by atoms with Crippen LogP contribution in [0.5, 0.6) is 0 Å². The first-order chi connectivity index (χ1) is 9.31. The summed E-state index contributed by atoms with van der Waals surface area (Å²) in [5.74, 6) is 6.18. The average Bonchev–Trinajstić information content (AvgIpc) is 2.86. The summed E-state index contributed by atoms with van der Waals surface area (Å²) < 4.78 is 0. The van der Waals surface area contributed by atoms with Crippen LogP contribution in [0.1, 0.15) is 17.2 Å². The molecule has 1 atom stereocenters. The number of para-hydroxylation sites is 1. The number of hydrazine groups is 1. The van der Waals surface area contributed by atoms with Crippen LogP contribution in [0.15, 0.2) is 42.7 Å². The van der Waals surface area contributed by atoms with Gasteiger partial charge in [0.2, 0.25) is 0 Å². The molecule has 6 nitrogen and oxygen atoms in total. The van der Waals surface area contributed by atoms with E-state index in [4.69, 9.17) is 11.6 Å². The van der Waals surface area contributed by atoms with E-state index in [1.807, 2.05) is 30.3 Å². The van der Waals surface area contributed by atoms with Crippen molar-refractivity contribution in [1.29, 1.82) is 0 Å². The highest BCUT2D eigenvalue weighted by molar-refractivity contribution is 5.82. The van der Waals surface area contributed by atoms with Gasteiger partial charge in [0.25, 0.3) is 0 Å². The zero-order valence-electron chi connectivity index (χ0n) is 10.2. The molecule has 2 heterocycles. The topological polar surface area (TPSA) is 106 Å². The molecule has 0 saturated carbocycles. The van der Waals surface area contributed by atoms with Crippen LogP contribution in [0, 0.1) is 0 Å². The van der Waals surface area contributed by atoms with Crippen LogP contribution < -0.4 is 17.0 Å². The van der Waals surface area contributed by atoms with Gasteiger partial charge in [-0.2, -0.15) is 5.10 Å². The summed E-state index contributed by atoms with van der Waals surface area (Å²) in [6.45, 7) is 0. The Hall–Kier alpha value is -2.44. The van der Waals surface area contributed by atoms with Crippen molar-refractivity contribution in [3.8, 4) is 0 Å². The van der Waals surface area contributed by atoms with Crippen molar-refractivity contribution < 1.29 is 0 Å². The van der Waals surface area contributed by atoms with E-state index in [0.29, 0.717) is 5.82 Å². The first kappa shape index (κ1) is 11.6. The van der Waals surface area contributed by atoms with Crippen LogP contribution >= 0.6 is 0 Å². The molecule has 0 spiro atoms. The molecule has 96 valence electrons. The van der Waals surface area contributed by atoms with Crippen LogP contribution in [0.3, 0.4) is 0 Å². The maximum absolute atomic E-state index is 5.86. The van der Waals surface area contributed by atoms with Gasteiger partial charge in [-0.25, -0.2) is 5.43 Å². The summed E-state index contributed by atoms with van der Waals surface area (Å²) in [4.78, 5) is 4.42. The van der Waals surface area contributed by atoms with Crippen LogP contribution in [0.4, 0.5) is 5.82 Å². The Kier molecular flexibility index (Phi) is 2.86. The minimum absolute atomic E-state index is 0.252. The normalized spacial score (nSPS) is 12.7. The number of nitrogens with zero attached hydrogens (tertiary/aromatic N) is 2. The van der Waals surface area contributed by atoms with E-state index in [9.17, 15) is 0 Å². The van der Waals surface area contributed by atoms with Gasteiger partial charge in [0.15, 0.2) is 0 Å². The lowest BCUT2D eigenvalue weighted by molar-refractivity contribution is 0.642. The van der Waals surface area contributed by atoms with E-state index in [2.05, 4.69) is 20.6 Å². The Morgan fingerprint density at radius 1 is 1.16 bits per heavy atom. The molecular weight excluding hydrogens is 240 g/mol. The van der Waals surface area contributed by atoms with Gasteiger partial charge in [0.1, 0.15) is 5.82 Å². The Labute approximate surface area is 109 Å². The Morgan fingerprint density at radius 2 is 2.00 bits per heavy atom. The Balaban J connectivity index is 2.20. The van der Waals surface area contributed by atoms with Gasteiger partial charge in [-0.3, -0.25) is 15.9 Å². The highest BCUT2D eigenvalue weighted by atomic mass is 15.2. The summed E-state index contributed by atoms with van der Waals surface area (Å²) in [7, 11) is 0. The number of anilines is 1. The number of aromatic amines is 1. The lowest BCUT2D eigenvalue weighted by Gasteiger charge is -2.17. The van der Waals surface area contributed by atoms with Crippen molar-refractivity contribution in [3.63, 3.8) is 0 Å². The van der Waals surface area contributed by atoms with Gasteiger partial charge in [-0.05, 0) is 6.07 Å². The van der Waals surface area contributed by atoms with Gasteiger partial charge in [-0.15, -0.1) is 0 Å². The van der Waals surface area contributed by atoms with Crippen LogP contribution in [-0.4, -0.2) is 15.2 Å². The molecule has 0 bridgehead atoms. The molecule has 0 aliphatic heterocycles. The van der Waals surface area contributed by atoms with Crippen molar-refractivity contribution in [3.05, 3.63) is 53.9 Å². The minimum Gasteiger partial charge on any atom is -0.384 e. The summed E-state index contributed by atoms with van der Waals surface area (Å²) in [6, 6.07) is 9.63. The number of H-pyrrole nitrogens is 1. The number of hydrogen-bond acceptors (Lipinski definition) is 5. The highest BCUT2D eigenvalue weighted by Gasteiger charge is 2.19. The van der Waals surface area contributed by atoms with Gasteiger partial charge >= 0.3 is 0 Å². The summed E-state index contributed by atoms with van der Waals surface area (Å²) in [5.41, 5.74) is 11.3. The molecule has 1 unspecified atom stereocenters. The first-order valence-corrected chi connectivity index (χ1v) is 5.90. The van der Waals surface area contributed by atoms with Crippen LogP contribution in [-0.2, 0) is 0 Å². The number of nitrogens with two attached hydrogens (primary N) is 2. The number of aromatic nitrogens is 3. The fourth-order valence-electron chi connectivity index (χ4n) is 2.24. The van der Waals surface area contributed by atoms with Crippen LogP contribution in [0.2, 0.25) is 0 Å². The third-order valence-electron chi connectivity index (χ3n) is 3.15. The van der Waals surface area contributed by atoms with Crippen molar-refractivity contribution in [2.24, 2.45) is 5.84 Å². The molecular formula is C13H14N6. The smallest absolute Gasteiger partial charge is 0.124 e. The van der Waals surface area contributed by atoms with Gasteiger partial charge < -0.3 is 5.73 Å². The standard InChI is InChI=1S/C13H14N6/c14-13-10(7-17-19-13)12(18-15)9-5-1-3-8-4-2-6-16-11(8)9/h1-7,12,18H,15H2,(H3,14,17,19). The molecule has 0 amide bonds. The molecule has 1 aromatic carbocycles. The number of pyridine rings is 1. The molecule has 19 heavy (non-hydrogen) atoms. The molecule has 0 fully saturated rings. The molecule has 0 saturated heterocycles. The predicted octanol–water partition coefficient (Wildman–Crippen LogP) is 1.09. The zero-order valence-corrected chi connectivity index (χ0v) is 10.2. The fourth-order valence-corrected chi connectivity index (χ4v) is 2.24. The molecule has 0 aliphatic carbocycles. The van der Waals surface area contributed by atoms with Crippen molar-refractivity contribution in [2.75, 3.05) is 5.73 Å². The van der Waals surface area contributed by atoms with Crippen molar-refractivity contribution >= 4 is 16.7 Å². The third kappa shape index (κ3) is 1.92. The second kappa shape index (κ2) is 4.68. The number of rotatable bonds is 3. The second-order valence-electron chi connectivity index (χ2n) is 4.26. The minimum atomic E-state index is -0.252. The number of hydrogen-bond donors (Lipinski definition) is 4. The zero-order chi connectivity index (χ0) is 13.2. The van der Waals surface area contributed by atoms with E-state index in [1.165, 1.54) is 0 Å². The molecule has 0 aliphatic rings. The largest absolute Gasteiger partial charge is 0.384 e. The molecule has 3 rings (SSSR count). The van der Waals surface area contributed by atoms with Crippen molar-refractivity contribution in [2.45, 2.75) is 6.04 Å². The molecule has 3 aromatic rings. The third-order valence-corrected chi connectivity index (χ3v) is 3.15. The predicted molar refractivity (Wildman–Crippen MR) is 73.9 cm³/mol. The maximum atomic E-state index is 5.86. The summed E-state index contributed by atoms with van der Waals surface area (Å²) in [6.07, 6.45) is 3.43. The van der Waals surface area contributed by atoms with E-state index >= 15 is 0 Å². The highest BCUT2D eigenvalue weighted by Crippen LogP contribution is 2.29. The van der Waals surface area contributed by atoms with Crippen LogP contribution in [0.25, 0.3) is 10.9 Å². The quantitative estimate of drug-likeness (QED) is 0.413. The van der Waals surface area contributed by atoms with Gasteiger partial charge in [-0.1, -0.05) is 24.3 Å². The van der Waals surface area contributed by atoms with E-state index in [-0.39, 0.29) is 6.04 Å². The molecule has 0 radical (unpaired) electrons. The second-order valence-corrected chi connectivity index (χ2v) is 4.26. The van der Waals surface area contributed by atoms with E-state index < -0.39 is 0 Å². The molecule has 6 heteroatoms. The fraction of sp³-hybridized carbons (Fsp3) is 0.0769. The summed E-state index contributed by atoms with van der Waals surface area (Å²) in [5, 5.41) is 7.70. The average molecular weight is 254 g/mol. The van der Waals surface area contributed by atoms with Gasteiger partial charge in [0, 0.05) is 22.7 Å². The SMILES string of the molecule is NNC(c1cn[nH]c1N)c1cccc2cccnc12. The van der Waals surface area contributed by atoms with Gasteiger partial charge in [0.05, 0.1) is 17.8 Å².